The van der Waals surface area contributed by atoms with E-state index in [0.29, 0.717) is 5.01 Å². The monoisotopic (exact) mass is 514 g/mol. The number of carboxylic acid groups (broad SMARTS) is 1. The summed E-state index contributed by atoms with van der Waals surface area (Å²) in [4.78, 5) is 52.7. The standard InChI is InChI=1S/C12H12N2O3S.C11H10N2O3S/c1-17-12(16)7-13-10(15)6-11-14-8-4-2-3-5-9(8)18-11;14-9(12-6-11(15)16)5-10-13-7-3-1-2-4-8(7)17-10/h2-5H,6-7H2,1H3,(H,13,15);1-4H,5-6H2,(H,12,14)(H,15,16). The summed E-state index contributed by atoms with van der Waals surface area (Å²) in [5.74, 6) is -2.08. The second kappa shape index (κ2) is 12.5. The van der Waals surface area contributed by atoms with Crippen LogP contribution in [0.4, 0.5) is 0 Å². The number of ether oxygens (including phenoxy) is 1. The number of methoxy groups -OCH3 is 1. The molecule has 4 rings (SSSR count). The number of rotatable bonds is 8. The zero-order valence-corrected chi connectivity index (χ0v) is 20.3. The Morgan fingerprint density at radius 1 is 0.800 bits per heavy atom. The normalized spacial score (nSPS) is 10.3. The molecular formula is C23H22N4O6S2. The molecule has 2 aromatic heterocycles. The molecule has 0 atom stereocenters. The number of carbonyl (C=O) groups is 4. The Hall–Kier alpha value is -3.90. The average molecular weight is 515 g/mol. The minimum Gasteiger partial charge on any atom is -0.480 e. The third-order valence-electron chi connectivity index (χ3n) is 4.39. The van der Waals surface area contributed by atoms with Crippen molar-refractivity contribution in [1.82, 2.24) is 20.6 Å². The van der Waals surface area contributed by atoms with Gasteiger partial charge in [-0.25, -0.2) is 9.97 Å². The van der Waals surface area contributed by atoms with Crippen LogP contribution in [-0.2, 0) is 36.8 Å². The SMILES string of the molecule is COC(=O)CNC(=O)Cc1nc2ccccc2s1.O=C(O)CNC(=O)Cc1nc2ccccc2s1. The van der Waals surface area contributed by atoms with Crippen molar-refractivity contribution in [3.8, 4) is 0 Å². The summed E-state index contributed by atoms with van der Waals surface area (Å²) in [6.07, 6.45) is 0.295. The summed E-state index contributed by atoms with van der Waals surface area (Å²) in [5, 5.41) is 14.6. The Kier molecular flexibility index (Phi) is 9.21. The minimum atomic E-state index is -1.05. The van der Waals surface area contributed by atoms with Crippen LogP contribution in [0, 0.1) is 0 Å². The van der Waals surface area contributed by atoms with Crippen molar-refractivity contribution < 1.29 is 29.0 Å². The van der Waals surface area contributed by atoms with E-state index in [0.717, 1.165) is 25.4 Å². The van der Waals surface area contributed by atoms with Gasteiger partial charge in [-0.3, -0.25) is 19.2 Å². The molecule has 4 aromatic rings. The maximum absolute atomic E-state index is 11.6. The van der Waals surface area contributed by atoms with E-state index >= 15 is 0 Å². The van der Waals surface area contributed by atoms with E-state index in [1.54, 1.807) is 0 Å². The quantitative estimate of drug-likeness (QED) is 0.303. The smallest absolute Gasteiger partial charge is 0.325 e. The molecule has 0 radical (unpaired) electrons. The van der Waals surface area contributed by atoms with Crippen molar-refractivity contribution in [3.63, 3.8) is 0 Å². The van der Waals surface area contributed by atoms with E-state index in [9.17, 15) is 19.2 Å². The molecule has 35 heavy (non-hydrogen) atoms. The highest BCUT2D eigenvalue weighted by molar-refractivity contribution is 7.19. The Labute approximate surface area is 208 Å². The van der Waals surface area contributed by atoms with Gasteiger partial charge in [0, 0.05) is 0 Å². The molecule has 0 saturated carbocycles. The van der Waals surface area contributed by atoms with Gasteiger partial charge in [0.15, 0.2) is 0 Å². The van der Waals surface area contributed by atoms with Crippen LogP contribution in [0.15, 0.2) is 48.5 Å². The van der Waals surface area contributed by atoms with Gasteiger partial charge in [-0.1, -0.05) is 24.3 Å². The number of para-hydroxylation sites is 2. The highest BCUT2D eigenvalue weighted by atomic mass is 32.1. The third kappa shape index (κ3) is 8.12. The first-order chi connectivity index (χ1) is 16.8. The zero-order chi connectivity index (χ0) is 25.2. The molecule has 0 bridgehead atoms. The number of nitrogens with one attached hydrogen (secondary N) is 2. The molecule has 0 unspecified atom stereocenters. The summed E-state index contributed by atoms with van der Waals surface area (Å²) in [7, 11) is 1.28. The second-order valence-electron chi connectivity index (χ2n) is 7.03. The van der Waals surface area contributed by atoms with Crippen LogP contribution in [0.3, 0.4) is 0 Å². The summed E-state index contributed by atoms with van der Waals surface area (Å²) in [5.41, 5.74) is 1.75. The molecule has 0 aliphatic rings. The van der Waals surface area contributed by atoms with Gasteiger partial charge < -0.3 is 20.5 Å². The number of aliphatic carboxylic acids is 1. The Morgan fingerprint density at radius 2 is 1.26 bits per heavy atom. The second-order valence-corrected chi connectivity index (χ2v) is 9.26. The highest BCUT2D eigenvalue weighted by Crippen LogP contribution is 2.22. The highest BCUT2D eigenvalue weighted by Gasteiger charge is 2.11. The number of esters is 1. The molecule has 2 aromatic carbocycles. The van der Waals surface area contributed by atoms with Crippen molar-refractivity contribution in [1.29, 1.82) is 0 Å². The number of carboxylic acids is 1. The lowest BCUT2D eigenvalue weighted by Crippen LogP contribution is -2.31. The van der Waals surface area contributed by atoms with Crippen LogP contribution in [0.2, 0.25) is 0 Å². The lowest BCUT2D eigenvalue weighted by Gasteiger charge is -2.01. The number of benzene rings is 2. The van der Waals surface area contributed by atoms with Gasteiger partial charge in [-0.2, -0.15) is 0 Å². The summed E-state index contributed by atoms with van der Waals surface area (Å²) < 4.78 is 6.50. The first-order valence-corrected chi connectivity index (χ1v) is 12.0. The summed E-state index contributed by atoms with van der Waals surface area (Å²) in [6.45, 7) is -0.468. The number of hydrogen-bond donors (Lipinski definition) is 3. The molecule has 10 nitrogen and oxygen atoms in total. The predicted octanol–water partition coefficient (Wildman–Crippen LogP) is 2.17. The Balaban J connectivity index is 0.000000196. The topological polar surface area (TPSA) is 148 Å². The first-order valence-electron chi connectivity index (χ1n) is 10.3. The van der Waals surface area contributed by atoms with E-state index in [-0.39, 0.29) is 37.7 Å². The molecular weight excluding hydrogens is 492 g/mol. The molecule has 0 aliphatic heterocycles. The van der Waals surface area contributed by atoms with Gasteiger partial charge in [-0.05, 0) is 24.3 Å². The molecule has 0 spiro atoms. The van der Waals surface area contributed by atoms with Crippen molar-refractivity contribution in [2.45, 2.75) is 12.8 Å². The van der Waals surface area contributed by atoms with Crippen LogP contribution in [0.25, 0.3) is 20.4 Å². The van der Waals surface area contributed by atoms with E-state index < -0.39 is 11.9 Å². The van der Waals surface area contributed by atoms with Gasteiger partial charge in [0.05, 0.1) is 40.4 Å². The molecule has 0 aliphatic carbocycles. The average Bonchev–Trinajstić information content (AvgIpc) is 3.44. The summed E-state index contributed by atoms with van der Waals surface area (Å²) in [6, 6.07) is 15.3. The number of fused-ring (bicyclic) bond motifs is 2. The molecule has 12 heteroatoms. The van der Waals surface area contributed by atoms with Gasteiger partial charge >= 0.3 is 11.9 Å². The lowest BCUT2D eigenvalue weighted by molar-refractivity contribution is -0.141. The molecule has 0 saturated heterocycles. The molecule has 0 fully saturated rings. The van der Waals surface area contributed by atoms with E-state index in [1.807, 2.05) is 48.5 Å². The third-order valence-corrected chi connectivity index (χ3v) is 6.47. The van der Waals surface area contributed by atoms with Crippen LogP contribution in [0.5, 0.6) is 0 Å². The molecule has 3 N–H and O–H groups in total. The zero-order valence-electron chi connectivity index (χ0n) is 18.6. The van der Waals surface area contributed by atoms with Crippen molar-refractivity contribution >= 4 is 66.9 Å². The fraction of sp³-hybridized carbons (Fsp3) is 0.217. The number of aromatic nitrogens is 2. The van der Waals surface area contributed by atoms with Crippen LogP contribution in [0.1, 0.15) is 10.0 Å². The maximum Gasteiger partial charge on any atom is 0.325 e. The molecule has 2 heterocycles. The predicted molar refractivity (Wildman–Crippen MR) is 132 cm³/mol. The van der Waals surface area contributed by atoms with E-state index in [4.69, 9.17) is 5.11 Å². The largest absolute Gasteiger partial charge is 0.480 e. The number of nitrogens with zero attached hydrogens (tertiary/aromatic N) is 2. The first kappa shape index (κ1) is 25.7. The number of carbonyl (C=O) groups excluding carboxylic acids is 3. The van der Waals surface area contributed by atoms with E-state index in [2.05, 4.69) is 25.3 Å². The Morgan fingerprint density at radius 3 is 1.69 bits per heavy atom. The lowest BCUT2D eigenvalue weighted by atomic mass is 10.3. The van der Waals surface area contributed by atoms with Crippen molar-refractivity contribution in [2.75, 3.05) is 20.2 Å². The number of thiazole rings is 2. The van der Waals surface area contributed by atoms with E-state index in [1.165, 1.54) is 29.8 Å². The fourth-order valence-corrected chi connectivity index (χ4v) is 4.74. The van der Waals surface area contributed by atoms with Crippen LogP contribution < -0.4 is 10.6 Å². The number of hydrogen-bond acceptors (Lipinski definition) is 9. The van der Waals surface area contributed by atoms with Crippen molar-refractivity contribution in [3.05, 3.63) is 58.5 Å². The van der Waals surface area contributed by atoms with Gasteiger partial charge in [0.25, 0.3) is 0 Å². The summed E-state index contributed by atoms with van der Waals surface area (Å²) >= 11 is 2.92. The van der Waals surface area contributed by atoms with Gasteiger partial charge in [0.1, 0.15) is 23.1 Å². The fourth-order valence-electron chi connectivity index (χ4n) is 2.81. The molecule has 182 valence electrons. The number of amides is 2. The maximum atomic E-state index is 11.6. The molecule has 2 amide bonds. The minimum absolute atomic E-state index is 0.111. The van der Waals surface area contributed by atoms with Crippen molar-refractivity contribution in [2.24, 2.45) is 0 Å². The van der Waals surface area contributed by atoms with Crippen LogP contribution >= 0.6 is 22.7 Å². The van der Waals surface area contributed by atoms with Crippen LogP contribution in [-0.4, -0.2) is 59.0 Å². The van der Waals surface area contributed by atoms with Gasteiger partial charge in [0.2, 0.25) is 11.8 Å². The Bertz CT molecular complexity index is 1280. The van der Waals surface area contributed by atoms with Gasteiger partial charge in [-0.15, -0.1) is 22.7 Å².